The third kappa shape index (κ3) is 4.59. The molecule has 0 fully saturated rings. The molecule has 0 bridgehead atoms. The number of amides is 1. The number of nitrogens with zero attached hydrogens (tertiary/aromatic N) is 2. The van der Waals surface area contributed by atoms with Crippen LogP contribution in [0.3, 0.4) is 0 Å². The lowest BCUT2D eigenvalue weighted by Crippen LogP contribution is -2.22. The van der Waals surface area contributed by atoms with Crippen molar-refractivity contribution in [3.05, 3.63) is 16.9 Å². The fourth-order valence-corrected chi connectivity index (χ4v) is 0.327. The first-order chi connectivity index (χ1) is 4.66. The van der Waals surface area contributed by atoms with Gasteiger partial charge in [0.15, 0.2) is 10.7 Å². The largest absolute Gasteiger partial charge is 0.504 e. The Balaban J connectivity index is 3.62. The van der Waals surface area contributed by atoms with Gasteiger partial charge in [-0.1, -0.05) is 0 Å². The average molecular weight is 142 g/mol. The number of aliphatic hydroxyl groups excluding tert-OH is 1. The minimum atomic E-state index is -0.252. The number of aliphatic hydroxyl groups is 1. The zero-order chi connectivity index (χ0) is 7.98. The summed E-state index contributed by atoms with van der Waals surface area (Å²) in [4.78, 5) is 12.8. The van der Waals surface area contributed by atoms with Crippen molar-refractivity contribution in [1.82, 2.24) is 5.32 Å². The predicted molar refractivity (Wildman–Crippen MR) is 34.5 cm³/mol. The molecule has 10 heavy (non-hydrogen) atoms. The molecular weight excluding hydrogens is 134 g/mol. The molecule has 0 heterocycles. The van der Waals surface area contributed by atoms with E-state index in [0.29, 0.717) is 0 Å². The Morgan fingerprint density at radius 3 is 2.90 bits per heavy atom. The van der Waals surface area contributed by atoms with Crippen LogP contribution in [0.2, 0.25) is 0 Å². The van der Waals surface area contributed by atoms with E-state index in [2.05, 4.69) is 10.3 Å². The highest BCUT2D eigenvalue weighted by Gasteiger charge is 1.98. The van der Waals surface area contributed by atoms with Crippen LogP contribution in [0.25, 0.3) is 4.98 Å². The molecule has 0 saturated carbocycles. The van der Waals surface area contributed by atoms with Crippen LogP contribution < -0.4 is 5.32 Å². The van der Waals surface area contributed by atoms with E-state index in [1.807, 2.05) is 0 Å². The van der Waals surface area contributed by atoms with E-state index in [9.17, 15) is 4.79 Å². The molecule has 0 radical (unpaired) electrons. The summed E-state index contributed by atoms with van der Waals surface area (Å²) in [5, 5.41) is 18.9. The van der Waals surface area contributed by atoms with Crippen LogP contribution >= 0.6 is 0 Å². The molecule has 54 valence electrons. The smallest absolute Gasteiger partial charge is 0.389 e. The zero-order valence-electron chi connectivity index (χ0n) is 5.53. The standard InChI is InChI=1S/C5H7N3O2/c1-4(9)7-2-5(10)3-8-6/h3H,2H2,1H3,(H-,7,9,10)/p+1. The highest BCUT2D eigenvalue weighted by Crippen LogP contribution is 1.84. The summed E-state index contributed by atoms with van der Waals surface area (Å²) in [5.41, 5.74) is 0. The maximum atomic E-state index is 10.2. The highest BCUT2D eigenvalue weighted by molar-refractivity contribution is 5.73. The lowest BCUT2D eigenvalue weighted by molar-refractivity contribution is -0.118. The molecule has 1 amide bonds. The molecular formula is C5H8N3O2+. The molecule has 0 rings (SSSR count). The van der Waals surface area contributed by atoms with Gasteiger partial charge in [0, 0.05) is 6.92 Å². The fraction of sp³-hybridized carbons (Fsp3) is 0.400. The number of carbonyl (C=O) groups excluding carboxylic acids is 1. The molecule has 0 aliphatic rings. The van der Waals surface area contributed by atoms with Crippen LogP contribution in [0, 0.1) is 5.39 Å². The van der Waals surface area contributed by atoms with Gasteiger partial charge in [0.2, 0.25) is 11.3 Å². The van der Waals surface area contributed by atoms with E-state index in [1.54, 1.807) is 0 Å². The van der Waals surface area contributed by atoms with E-state index < -0.39 is 0 Å². The van der Waals surface area contributed by atoms with Crippen molar-refractivity contribution in [1.29, 1.82) is 5.39 Å². The molecule has 0 saturated heterocycles. The van der Waals surface area contributed by atoms with Crippen molar-refractivity contribution in [3.8, 4) is 0 Å². The van der Waals surface area contributed by atoms with Crippen LogP contribution in [0.1, 0.15) is 6.92 Å². The minimum Gasteiger partial charge on any atom is -0.504 e. The molecule has 5 heteroatoms. The zero-order valence-corrected chi connectivity index (χ0v) is 5.53. The van der Waals surface area contributed by atoms with Gasteiger partial charge in [-0.15, -0.1) is 0 Å². The summed E-state index contributed by atoms with van der Waals surface area (Å²) in [7, 11) is 0. The normalized spacial score (nSPS) is 10.2. The molecule has 5 nitrogen and oxygen atoms in total. The first-order valence-electron chi connectivity index (χ1n) is 2.63. The van der Waals surface area contributed by atoms with E-state index in [-0.39, 0.29) is 18.2 Å². The first kappa shape index (κ1) is 8.43. The quantitative estimate of drug-likeness (QED) is 0.432. The molecule has 0 atom stereocenters. The Bertz CT molecular complexity index is 192. The summed E-state index contributed by atoms with van der Waals surface area (Å²) in [5.74, 6) is -0.449. The van der Waals surface area contributed by atoms with Crippen LogP contribution in [0.5, 0.6) is 0 Å². The molecule has 0 aliphatic carbocycles. The number of diazo groups is 1. The van der Waals surface area contributed by atoms with Gasteiger partial charge in [0.25, 0.3) is 0 Å². The van der Waals surface area contributed by atoms with Crippen LogP contribution in [0.4, 0.5) is 0 Å². The lowest BCUT2D eigenvalue weighted by atomic mass is 10.5. The predicted octanol–water partition coefficient (Wildman–Crippen LogP) is 0.375. The highest BCUT2D eigenvalue weighted by atomic mass is 16.3. The Labute approximate surface area is 58.0 Å². The van der Waals surface area contributed by atoms with Crippen LogP contribution in [0.15, 0.2) is 12.0 Å². The summed E-state index contributed by atoms with van der Waals surface area (Å²) < 4.78 is 0. The second-order valence-electron chi connectivity index (χ2n) is 1.65. The summed E-state index contributed by atoms with van der Waals surface area (Å²) in [6.07, 6.45) is 0.843. The van der Waals surface area contributed by atoms with Crippen molar-refractivity contribution in [3.63, 3.8) is 0 Å². The molecule has 0 unspecified atom stereocenters. The Morgan fingerprint density at radius 2 is 2.50 bits per heavy atom. The lowest BCUT2D eigenvalue weighted by Gasteiger charge is -1.94. The molecule has 0 aromatic rings. The van der Waals surface area contributed by atoms with Crippen molar-refractivity contribution < 1.29 is 9.90 Å². The monoisotopic (exact) mass is 142 g/mol. The van der Waals surface area contributed by atoms with Crippen LogP contribution in [-0.2, 0) is 4.79 Å². The van der Waals surface area contributed by atoms with Gasteiger partial charge in [-0.2, -0.15) is 0 Å². The van der Waals surface area contributed by atoms with Gasteiger partial charge < -0.3 is 10.4 Å². The third-order valence-electron chi connectivity index (χ3n) is 0.725. The summed E-state index contributed by atoms with van der Waals surface area (Å²) in [6, 6.07) is 0. The second kappa shape index (κ2) is 4.32. The van der Waals surface area contributed by atoms with Crippen molar-refractivity contribution in [2.24, 2.45) is 0 Å². The number of carbonyl (C=O) groups is 1. The Morgan fingerprint density at radius 1 is 1.90 bits per heavy atom. The third-order valence-corrected chi connectivity index (χ3v) is 0.725. The van der Waals surface area contributed by atoms with Crippen molar-refractivity contribution >= 4 is 5.91 Å². The van der Waals surface area contributed by atoms with Crippen molar-refractivity contribution in [2.45, 2.75) is 6.92 Å². The van der Waals surface area contributed by atoms with E-state index >= 15 is 0 Å². The summed E-state index contributed by atoms with van der Waals surface area (Å²) in [6.45, 7) is 1.31. The van der Waals surface area contributed by atoms with Gasteiger partial charge >= 0.3 is 6.20 Å². The average Bonchev–Trinajstić information content (AvgIpc) is 1.85. The minimum absolute atomic E-state index is 0.0145. The Hall–Kier alpha value is -1.57. The molecule has 0 spiro atoms. The molecule has 0 aliphatic heterocycles. The summed E-state index contributed by atoms with van der Waals surface area (Å²) >= 11 is 0. The second-order valence-corrected chi connectivity index (χ2v) is 1.65. The van der Waals surface area contributed by atoms with E-state index in [4.69, 9.17) is 10.5 Å². The number of hydrogen-bond acceptors (Lipinski definition) is 3. The van der Waals surface area contributed by atoms with Gasteiger partial charge in [0.05, 0.1) is 6.54 Å². The molecule has 2 N–H and O–H groups in total. The molecule has 0 aromatic carbocycles. The van der Waals surface area contributed by atoms with Crippen LogP contribution in [-0.4, -0.2) is 17.6 Å². The number of hydrogen-bond donors (Lipinski definition) is 2. The maximum Gasteiger partial charge on any atom is 0.389 e. The van der Waals surface area contributed by atoms with Gasteiger partial charge in [0.1, 0.15) is 0 Å². The first-order valence-corrected chi connectivity index (χ1v) is 2.63. The fourth-order valence-electron chi connectivity index (χ4n) is 0.327. The van der Waals surface area contributed by atoms with Crippen molar-refractivity contribution in [2.75, 3.05) is 6.54 Å². The number of rotatable bonds is 2. The van der Waals surface area contributed by atoms with Gasteiger partial charge in [-0.3, -0.25) is 4.79 Å². The molecule has 0 aromatic heterocycles. The van der Waals surface area contributed by atoms with Gasteiger partial charge in [-0.05, 0) is 0 Å². The van der Waals surface area contributed by atoms with E-state index in [1.165, 1.54) is 6.92 Å². The SMILES string of the molecule is CC(=O)NCC(O)=C[N+]#N. The topological polar surface area (TPSA) is 77.5 Å². The van der Waals surface area contributed by atoms with Gasteiger partial charge in [-0.25, -0.2) is 0 Å². The Kier molecular flexibility index (Phi) is 3.64. The van der Waals surface area contributed by atoms with E-state index in [0.717, 1.165) is 6.20 Å². The number of nitrogens with one attached hydrogen (secondary N) is 1. The maximum absolute atomic E-state index is 10.2.